The second kappa shape index (κ2) is 6.09. The van der Waals surface area contributed by atoms with Gasteiger partial charge >= 0.3 is 0 Å². The van der Waals surface area contributed by atoms with Crippen LogP contribution in [-0.4, -0.2) is 36.7 Å². The van der Waals surface area contributed by atoms with Crippen molar-refractivity contribution >= 4 is 0 Å². The molecular formula is C12H22N2O. The molecule has 0 aromatic carbocycles. The molecule has 1 heterocycles. The molecule has 1 aliphatic rings. The Balaban J connectivity index is 2.46. The molecule has 0 spiro atoms. The molecule has 1 fully saturated rings. The van der Waals surface area contributed by atoms with Gasteiger partial charge in [-0.05, 0) is 13.3 Å². The lowest BCUT2D eigenvalue weighted by Gasteiger charge is -2.38. The molecule has 1 saturated heterocycles. The summed E-state index contributed by atoms with van der Waals surface area (Å²) < 4.78 is 5.31. The van der Waals surface area contributed by atoms with Gasteiger partial charge in [0.05, 0.1) is 19.3 Å². The zero-order valence-corrected chi connectivity index (χ0v) is 9.96. The third-order valence-corrected chi connectivity index (χ3v) is 3.22. The van der Waals surface area contributed by atoms with Crippen molar-refractivity contribution in [3.63, 3.8) is 0 Å². The van der Waals surface area contributed by atoms with Crippen molar-refractivity contribution in [2.24, 2.45) is 0 Å². The Kier molecular flexibility index (Phi) is 5.07. The molecule has 0 aliphatic carbocycles. The Morgan fingerprint density at radius 3 is 2.53 bits per heavy atom. The fourth-order valence-electron chi connectivity index (χ4n) is 2.06. The van der Waals surface area contributed by atoms with E-state index >= 15 is 0 Å². The molecule has 1 unspecified atom stereocenters. The number of hydrogen-bond acceptors (Lipinski definition) is 3. The monoisotopic (exact) mass is 210 g/mol. The lowest BCUT2D eigenvalue weighted by atomic mass is 9.93. The Bertz CT molecular complexity index is 218. The van der Waals surface area contributed by atoms with Crippen molar-refractivity contribution in [2.75, 3.05) is 26.3 Å². The van der Waals surface area contributed by atoms with Gasteiger partial charge < -0.3 is 4.74 Å². The molecule has 3 nitrogen and oxygen atoms in total. The minimum Gasteiger partial charge on any atom is -0.379 e. The van der Waals surface area contributed by atoms with Crippen LogP contribution in [0, 0.1) is 11.3 Å². The second-order valence-corrected chi connectivity index (χ2v) is 4.44. The molecule has 0 aromatic rings. The van der Waals surface area contributed by atoms with E-state index in [9.17, 15) is 5.26 Å². The molecule has 3 heteroatoms. The smallest absolute Gasteiger partial charge is 0.106 e. The molecule has 15 heavy (non-hydrogen) atoms. The fourth-order valence-corrected chi connectivity index (χ4v) is 2.06. The molecular weight excluding hydrogens is 188 g/mol. The van der Waals surface area contributed by atoms with E-state index in [1.807, 2.05) is 0 Å². The predicted molar refractivity (Wildman–Crippen MR) is 60.6 cm³/mol. The summed E-state index contributed by atoms with van der Waals surface area (Å²) in [7, 11) is 0. The van der Waals surface area contributed by atoms with Gasteiger partial charge in [-0.3, -0.25) is 4.90 Å². The summed E-state index contributed by atoms with van der Waals surface area (Å²) in [4.78, 5) is 2.27. The third kappa shape index (κ3) is 3.48. The number of morpholine rings is 1. The maximum Gasteiger partial charge on any atom is 0.106 e. The lowest BCUT2D eigenvalue weighted by Crippen LogP contribution is -2.50. The first-order chi connectivity index (χ1) is 7.23. The van der Waals surface area contributed by atoms with Gasteiger partial charge in [-0.15, -0.1) is 0 Å². The van der Waals surface area contributed by atoms with Crippen LogP contribution in [0.15, 0.2) is 0 Å². The van der Waals surface area contributed by atoms with E-state index < -0.39 is 0 Å². The summed E-state index contributed by atoms with van der Waals surface area (Å²) in [6.45, 7) is 7.59. The van der Waals surface area contributed by atoms with Crippen LogP contribution in [0.25, 0.3) is 0 Å². The lowest BCUT2D eigenvalue weighted by molar-refractivity contribution is -0.00119. The maximum absolute atomic E-state index is 9.30. The minimum absolute atomic E-state index is 0.279. The van der Waals surface area contributed by atoms with Gasteiger partial charge in [0, 0.05) is 13.1 Å². The van der Waals surface area contributed by atoms with Crippen molar-refractivity contribution in [1.82, 2.24) is 4.90 Å². The van der Waals surface area contributed by atoms with Crippen molar-refractivity contribution in [3.05, 3.63) is 0 Å². The first kappa shape index (κ1) is 12.5. The third-order valence-electron chi connectivity index (χ3n) is 3.22. The van der Waals surface area contributed by atoms with Gasteiger partial charge in [0.25, 0.3) is 0 Å². The topological polar surface area (TPSA) is 36.3 Å². The summed E-state index contributed by atoms with van der Waals surface area (Å²) >= 11 is 0. The van der Waals surface area contributed by atoms with Gasteiger partial charge in [-0.25, -0.2) is 0 Å². The highest BCUT2D eigenvalue weighted by Gasteiger charge is 2.32. The summed E-state index contributed by atoms with van der Waals surface area (Å²) in [5.41, 5.74) is -0.279. The molecule has 0 bridgehead atoms. The van der Waals surface area contributed by atoms with E-state index in [-0.39, 0.29) is 5.54 Å². The molecule has 0 radical (unpaired) electrons. The summed E-state index contributed by atoms with van der Waals surface area (Å²) in [5, 5.41) is 9.30. The average molecular weight is 210 g/mol. The Hall–Kier alpha value is -0.590. The summed E-state index contributed by atoms with van der Waals surface area (Å²) in [6.07, 6.45) is 4.57. The van der Waals surface area contributed by atoms with E-state index in [2.05, 4.69) is 24.8 Å². The molecule has 1 aliphatic heterocycles. The van der Waals surface area contributed by atoms with Gasteiger partial charge in [0.1, 0.15) is 5.54 Å². The van der Waals surface area contributed by atoms with Gasteiger partial charge in [0.15, 0.2) is 0 Å². The standard InChI is InChI=1S/C12H22N2O/c1-3-4-5-6-12(2,11-13)14-7-9-15-10-8-14/h3-10H2,1-2H3. The molecule has 1 rings (SSSR count). The number of rotatable bonds is 5. The van der Waals surface area contributed by atoms with Crippen LogP contribution in [-0.2, 0) is 4.74 Å². The molecule has 0 N–H and O–H groups in total. The van der Waals surface area contributed by atoms with E-state index in [1.54, 1.807) is 0 Å². The molecule has 0 aromatic heterocycles. The summed E-state index contributed by atoms with van der Waals surface area (Å²) in [5.74, 6) is 0. The van der Waals surface area contributed by atoms with Crippen molar-refractivity contribution in [2.45, 2.75) is 45.1 Å². The van der Waals surface area contributed by atoms with Crippen LogP contribution in [0.1, 0.15) is 39.5 Å². The molecule has 0 saturated carbocycles. The molecule has 86 valence electrons. The Morgan fingerprint density at radius 2 is 2.00 bits per heavy atom. The van der Waals surface area contributed by atoms with Crippen LogP contribution in [0.5, 0.6) is 0 Å². The highest BCUT2D eigenvalue weighted by Crippen LogP contribution is 2.22. The highest BCUT2D eigenvalue weighted by atomic mass is 16.5. The van der Waals surface area contributed by atoms with E-state index in [4.69, 9.17) is 4.74 Å². The number of hydrogen-bond donors (Lipinski definition) is 0. The Morgan fingerprint density at radius 1 is 1.33 bits per heavy atom. The first-order valence-electron chi connectivity index (χ1n) is 5.97. The van der Waals surface area contributed by atoms with Gasteiger partial charge in [-0.1, -0.05) is 26.2 Å². The second-order valence-electron chi connectivity index (χ2n) is 4.44. The van der Waals surface area contributed by atoms with Crippen LogP contribution in [0.3, 0.4) is 0 Å². The van der Waals surface area contributed by atoms with Crippen LogP contribution in [0.2, 0.25) is 0 Å². The van der Waals surface area contributed by atoms with E-state index in [0.29, 0.717) is 0 Å². The highest BCUT2D eigenvalue weighted by molar-refractivity contribution is 5.05. The van der Waals surface area contributed by atoms with Crippen molar-refractivity contribution in [3.8, 4) is 6.07 Å². The first-order valence-corrected chi connectivity index (χ1v) is 5.97. The minimum atomic E-state index is -0.279. The Labute approximate surface area is 93.0 Å². The zero-order valence-electron chi connectivity index (χ0n) is 9.96. The van der Waals surface area contributed by atoms with Crippen molar-refractivity contribution < 1.29 is 4.74 Å². The SMILES string of the molecule is CCCCCC(C)(C#N)N1CCOCC1. The zero-order chi connectivity index (χ0) is 11.1. The van der Waals surface area contributed by atoms with Gasteiger partial charge in [-0.2, -0.15) is 5.26 Å². The van der Waals surface area contributed by atoms with Gasteiger partial charge in [0.2, 0.25) is 0 Å². The molecule has 0 amide bonds. The molecule has 1 atom stereocenters. The largest absolute Gasteiger partial charge is 0.379 e. The fraction of sp³-hybridized carbons (Fsp3) is 0.917. The normalized spacial score (nSPS) is 21.9. The van der Waals surface area contributed by atoms with Crippen LogP contribution in [0.4, 0.5) is 0 Å². The number of nitriles is 1. The van der Waals surface area contributed by atoms with Crippen molar-refractivity contribution in [1.29, 1.82) is 5.26 Å². The van der Waals surface area contributed by atoms with Crippen LogP contribution >= 0.6 is 0 Å². The summed E-state index contributed by atoms with van der Waals surface area (Å²) in [6, 6.07) is 2.48. The maximum atomic E-state index is 9.30. The van der Waals surface area contributed by atoms with Crippen LogP contribution < -0.4 is 0 Å². The number of unbranched alkanes of at least 4 members (excludes halogenated alkanes) is 2. The van der Waals surface area contributed by atoms with E-state index in [0.717, 1.165) is 39.1 Å². The average Bonchev–Trinajstić information content (AvgIpc) is 2.30. The number of ether oxygens (including phenoxy) is 1. The quantitative estimate of drug-likeness (QED) is 0.653. The number of nitrogens with zero attached hydrogens (tertiary/aromatic N) is 2. The predicted octanol–water partition coefficient (Wildman–Crippen LogP) is 2.18. The van der Waals surface area contributed by atoms with E-state index in [1.165, 1.54) is 12.8 Å².